The fraction of sp³-hybridized carbons (Fsp3) is 0.933. The topological polar surface area (TPSA) is 27.6 Å². The average molecular weight is 286 g/mol. The summed E-state index contributed by atoms with van der Waals surface area (Å²) >= 11 is 1.93. The van der Waals surface area contributed by atoms with Crippen molar-refractivity contribution in [1.82, 2.24) is 10.2 Å². The number of rotatable bonds is 7. The number of thioether (sulfide) groups is 1. The van der Waals surface area contributed by atoms with Gasteiger partial charge in [-0.3, -0.25) is 4.99 Å². The molecular formula is C15H31N3S. The van der Waals surface area contributed by atoms with E-state index in [1.165, 1.54) is 19.4 Å². The number of nitrogens with zero attached hydrogens (tertiary/aromatic N) is 2. The maximum atomic E-state index is 4.62. The molecule has 4 heteroatoms. The molecule has 19 heavy (non-hydrogen) atoms. The summed E-state index contributed by atoms with van der Waals surface area (Å²) in [7, 11) is 0. The number of amidine groups is 1. The van der Waals surface area contributed by atoms with Crippen LogP contribution in [0.1, 0.15) is 47.5 Å². The molecule has 3 nitrogen and oxygen atoms in total. The van der Waals surface area contributed by atoms with Gasteiger partial charge in [-0.25, -0.2) is 0 Å². The summed E-state index contributed by atoms with van der Waals surface area (Å²) in [5.74, 6) is 0. The molecule has 0 aliphatic carbocycles. The molecule has 1 aliphatic rings. The first-order valence-corrected chi connectivity index (χ1v) is 8.50. The molecule has 1 atom stereocenters. The molecule has 0 aromatic heterocycles. The van der Waals surface area contributed by atoms with Crippen molar-refractivity contribution in [3.8, 4) is 0 Å². The van der Waals surface area contributed by atoms with Gasteiger partial charge in [-0.05, 0) is 31.3 Å². The Balaban J connectivity index is 2.18. The Morgan fingerprint density at radius 1 is 1.32 bits per heavy atom. The molecule has 1 aliphatic heterocycles. The molecule has 0 saturated heterocycles. The standard InChI is InChI=1S/C15H31N3S/c1-6-9-18(7-2)10-8-16-14-17-12-13(19-14)11-15(3,4)5/h13H,6-12H2,1-5H3,(H,16,17). The second-order valence-corrected chi connectivity index (χ2v) is 7.80. The van der Waals surface area contributed by atoms with E-state index in [1.54, 1.807) is 0 Å². The number of likely N-dealkylation sites (N-methyl/N-ethyl adjacent to an activating group) is 1. The Morgan fingerprint density at radius 3 is 2.63 bits per heavy atom. The molecule has 0 bridgehead atoms. The first-order chi connectivity index (χ1) is 8.94. The van der Waals surface area contributed by atoms with Crippen LogP contribution in [0.25, 0.3) is 0 Å². The van der Waals surface area contributed by atoms with Crippen LogP contribution in [0.5, 0.6) is 0 Å². The zero-order valence-corrected chi connectivity index (χ0v) is 14.1. The molecule has 0 aromatic carbocycles. The summed E-state index contributed by atoms with van der Waals surface area (Å²) in [6.45, 7) is 16.9. The van der Waals surface area contributed by atoms with E-state index in [0.717, 1.165) is 31.3 Å². The first kappa shape index (κ1) is 16.8. The molecule has 0 amide bonds. The minimum atomic E-state index is 0.406. The summed E-state index contributed by atoms with van der Waals surface area (Å²) in [4.78, 5) is 7.11. The largest absolute Gasteiger partial charge is 0.364 e. The van der Waals surface area contributed by atoms with Gasteiger partial charge in [0.1, 0.15) is 0 Å². The molecule has 112 valence electrons. The van der Waals surface area contributed by atoms with Crippen molar-refractivity contribution in [2.45, 2.75) is 52.7 Å². The van der Waals surface area contributed by atoms with Crippen LogP contribution in [-0.4, -0.2) is 48.0 Å². The van der Waals surface area contributed by atoms with Gasteiger partial charge in [-0.2, -0.15) is 0 Å². The molecule has 1 N–H and O–H groups in total. The van der Waals surface area contributed by atoms with E-state index in [-0.39, 0.29) is 0 Å². The van der Waals surface area contributed by atoms with E-state index >= 15 is 0 Å². The molecule has 1 heterocycles. The summed E-state index contributed by atoms with van der Waals surface area (Å²) in [5.41, 5.74) is 0.406. The molecule has 1 rings (SSSR count). The number of hydrogen-bond acceptors (Lipinski definition) is 4. The maximum Gasteiger partial charge on any atom is 0.156 e. The van der Waals surface area contributed by atoms with Gasteiger partial charge in [0, 0.05) is 18.3 Å². The molecule has 0 aromatic rings. The van der Waals surface area contributed by atoms with Crippen LogP contribution in [-0.2, 0) is 0 Å². The van der Waals surface area contributed by atoms with E-state index in [9.17, 15) is 0 Å². The highest BCUT2D eigenvalue weighted by Gasteiger charge is 2.24. The van der Waals surface area contributed by atoms with Crippen LogP contribution in [0.3, 0.4) is 0 Å². The smallest absolute Gasteiger partial charge is 0.156 e. The third kappa shape index (κ3) is 7.21. The maximum absolute atomic E-state index is 4.62. The van der Waals surface area contributed by atoms with Crippen molar-refractivity contribution in [3.63, 3.8) is 0 Å². The van der Waals surface area contributed by atoms with Crippen LogP contribution in [0.4, 0.5) is 0 Å². The highest BCUT2D eigenvalue weighted by Crippen LogP contribution is 2.31. The number of hydrogen-bond donors (Lipinski definition) is 1. The van der Waals surface area contributed by atoms with E-state index in [0.29, 0.717) is 10.7 Å². The third-order valence-corrected chi connectivity index (χ3v) is 4.39. The fourth-order valence-electron chi connectivity index (χ4n) is 2.37. The van der Waals surface area contributed by atoms with Crippen molar-refractivity contribution in [1.29, 1.82) is 0 Å². The lowest BCUT2D eigenvalue weighted by Gasteiger charge is -2.22. The second-order valence-electron chi connectivity index (χ2n) is 6.51. The highest BCUT2D eigenvalue weighted by molar-refractivity contribution is 8.14. The summed E-state index contributed by atoms with van der Waals surface area (Å²) in [5, 5.41) is 5.31. The predicted octanol–water partition coefficient (Wildman–Crippen LogP) is 3.22. The monoisotopic (exact) mass is 285 g/mol. The van der Waals surface area contributed by atoms with Gasteiger partial charge in [0.05, 0.1) is 6.54 Å². The van der Waals surface area contributed by atoms with Gasteiger partial charge in [0.25, 0.3) is 0 Å². The van der Waals surface area contributed by atoms with Gasteiger partial charge in [0.15, 0.2) is 5.17 Å². The summed E-state index contributed by atoms with van der Waals surface area (Å²) < 4.78 is 0. The van der Waals surface area contributed by atoms with Gasteiger partial charge in [-0.15, -0.1) is 0 Å². The van der Waals surface area contributed by atoms with Crippen molar-refractivity contribution < 1.29 is 0 Å². The van der Waals surface area contributed by atoms with Gasteiger partial charge < -0.3 is 10.2 Å². The van der Waals surface area contributed by atoms with E-state index in [2.05, 4.69) is 49.8 Å². The Hall–Kier alpha value is -0.220. The van der Waals surface area contributed by atoms with Gasteiger partial charge in [-0.1, -0.05) is 46.4 Å². The highest BCUT2D eigenvalue weighted by atomic mass is 32.2. The van der Waals surface area contributed by atoms with Crippen LogP contribution >= 0.6 is 11.8 Å². The molecule has 0 spiro atoms. The van der Waals surface area contributed by atoms with Crippen molar-refractivity contribution in [3.05, 3.63) is 0 Å². The van der Waals surface area contributed by atoms with Crippen molar-refractivity contribution in [2.24, 2.45) is 10.4 Å². The van der Waals surface area contributed by atoms with E-state index in [4.69, 9.17) is 0 Å². The Morgan fingerprint density at radius 2 is 2.05 bits per heavy atom. The lowest BCUT2D eigenvalue weighted by atomic mass is 9.90. The van der Waals surface area contributed by atoms with E-state index in [1.807, 2.05) is 11.8 Å². The number of nitrogens with one attached hydrogen (secondary N) is 1. The minimum Gasteiger partial charge on any atom is -0.364 e. The molecule has 1 unspecified atom stereocenters. The zero-order valence-electron chi connectivity index (χ0n) is 13.3. The molecule has 0 radical (unpaired) electrons. The lowest BCUT2D eigenvalue weighted by Crippen LogP contribution is -2.34. The van der Waals surface area contributed by atoms with Crippen molar-refractivity contribution in [2.75, 3.05) is 32.7 Å². The zero-order chi connectivity index (χ0) is 14.3. The summed E-state index contributed by atoms with van der Waals surface area (Å²) in [6.07, 6.45) is 2.47. The Bertz CT molecular complexity index is 284. The van der Waals surface area contributed by atoms with Gasteiger partial charge in [0.2, 0.25) is 0 Å². The van der Waals surface area contributed by atoms with Crippen LogP contribution in [0.2, 0.25) is 0 Å². The van der Waals surface area contributed by atoms with Crippen LogP contribution in [0, 0.1) is 5.41 Å². The fourth-order valence-corrected chi connectivity index (χ4v) is 3.75. The summed E-state index contributed by atoms with van der Waals surface area (Å²) in [6, 6.07) is 0. The predicted molar refractivity (Wildman–Crippen MR) is 88.2 cm³/mol. The normalized spacial score (nSPS) is 19.9. The van der Waals surface area contributed by atoms with Crippen molar-refractivity contribution >= 4 is 16.9 Å². The number of aliphatic imine (C=N–C) groups is 1. The first-order valence-electron chi connectivity index (χ1n) is 7.62. The lowest BCUT2D eigenvalue weighted by molar-refractivity contribution is 0.293. The molecular weight excluding hydrogens is 254 g/mol. The van der Waals surface area contributed by atoms with E-state index < -0.39 is 0 Å². The minimum absolute atomic E-state index is 0.406. The van der Waals surface area contributed by atoms with Gasteiger partial charge >= 0.3 is 0 Å². The van der Waals surface area contributed by atoms with Crippen LogP contribution in [0.15, 0.2) is 4.99 Å². The molecule has 0 saturated carbocycles. The average Bonchev–Trinajstić information content (AvgIpc) is 2.73. The third-order valence-electron chi connectivity index (χ3n) is 3.25. The second kappa shape index (κ2) is 8.15. The SMILES string of the molecule is CCCN(CC)CCNC1=NCC(CC(C)(C)C)S1. The quantitative estimate of drug-likeness (QED) is 0.778. The Labute approximate surface area is 123 Å². The Kier molecular flexibility index (Phi) is 7.22. The molecule has 0 fully saturated rings. The van der Waals surface area contributed by atoms with Crippen LogP contribution < -0.4 is 5.32 Å².